The number of hydrogen-bond acceptors (Lipinski definition) is 7. The molecule has 1 atom stereocenters. The van der Waals surface area contributed by atoms with Crippen LogP contribution in [0.4, 0.5) is 5.95 Å². The first-order valence-electron chi connectivity index (χ1n) is 7.78. The van der Waals surface area contributed by atoms with E-state index in [2.05, 4.69) is 20.1 Å². The van der Waals surface area contributed by atoms with Crippen LogP contribution in [0.2, 0.25) is 0 Å². The lowest BCUT2D eigenvalue weighted by Crippen LogP contribution is -2.39. The number of aromatic nitrogens is 3. The van der Waals surface area contributed by atoms with Crippen LogP contribution >= 0.6 is 0 Å². The van der Waals surface area contributed by atoms with E-state index in [1.807, 2.05) is 17.0 Å². The van der Waals surface area contributed by atoms with Gasteiger partial charge in [0.1, 0.15) is 6.10 Å². The van der Waals surface area contributed by atoms with Crippen LogP contribution in [0.5, 0.6) is 5.88 Å². The van der Waals surface area contributed by atoms with Gasteiger partial charge in [0.05, 0.1) is 13.1 Å². The molecule has 1 aliphatic heterocycles. The zero-order valence-electron chi connectivity index (χ0n) is 12.8. The number of pyridine rings is 1. The van der Waals surface area contributed by atoms with Crippen LogP contribution in [0.15, 0.2) is 42.0 Å². The Kier molecular flexibility index (Phi) is 5.08. The molecule has 0 amide bonds. The second-order valence-electron chi connectivity index (χ2n) is 5.45. The Bertz CT molecular complexity index is 637. The maximum atomic E-state index is 10.3. The third-order valence-electron chi connectivity index (χ3n) is 3.80. The molecule has 0 saturated heterocycles. The van der Waals surface area contributed by atoms with Crippen molar-refractivity contribution in [1.29, 1.82) is 0 Å². The predicted octanol–water partition coefficient (Wildman–Crippen LogP) is 2.23. The summed E-state index contributed by atoms with van der Waals surface area (Å²) in [6.07, 6.45) is 7.75. The van der Waals surface area contributed by atoms with Gasteiger partial charge in [0.2, 0.25) is 11.8 Å². The van der Waals surface area contributed by atoms with Crippen molar-refractivity contribution < 1.29 is 4.74 Å². The van der Waals surface area contributed by atoms with Gasteiger partial charge in [-0.3, -0.25) is 0 Å². The summed E-state index contributed by atoms with van der Waals surface area (Å²) in [5.74, 6) is 1.36. The van der Waals surface area contributed by atoms with Gasteiger partial charge >= 0.3 is 0 Å². The van der Waals surface area contributed by atoms with Crippen LogP contribution in [-0.4, -0.2) is 40.7 Å². The maximum absolute atomic E-state index is 10.3. The SMILES string of the molecule is O=NCCCN(CC1CCc2cccnc2O1)c1ncccn1. The van der Waals surface area contributed by atoms with E-state index in [0.29, 0.717) is 37.9 Å². The standard InChI is InChI=1S/C16H19N5O2/c22-20-10-3-11-21(16-18-8-2-9-19-16)12-14-6-5-13-4-1-7-17-15(13)23-14/h1-2,4,7-9,14H,3,5-6,10-12H2. The molecule has 0 aromatic carbocycles. The van der Waals surface area contributed by atoms with Crippen molar-refractivity contribution in [3.63, 3.8) is 0 Å². The zero-order valence-corrected chi connectivity index (χ0v) is 12.8. The van der Waals surface area contributed by atoms with Crippen molar-refractivity contribution in [1.82, 2.24) is 15.0 Å². The van der Waals surface area contributed by atoms with Crippen molar-refractivity contribution in [2.24, 2.45) is 5.18 Å². The number of nitrogens with zero attached hydrogens (tertiary/aromatic N) is 5. The van der Waals surface area contributed by atoms with E-state index in [4.69, 9.17) is 4.74 Å². The summed E-state index contributed by atoms with van der Waals surface area (Å²) in [5, 5.41) is 2.92. The van der Waals surface area contributed by atoms with Crippen molar-refractivity contribution >= 4 is 5.95 Å². The molecule has 0 radical (unpaired) electrons. The highest BCUT2D eigenvalue weighted by atomic mass is 16.5. The van der Waals surface area contributed by atoms with Crippen LogP contribution in [0.25, 0.3) is 0 Å². The van der Waals surface area contributed by atoms with Gasteiger partial charge in [-0.05, 0) is 31.4 Å². The van der Waals surface area contributed by atoms with Gasteiger partial charge < -0.3 is 9.64 Å². The smallest absolute Gasteiger partial charge is 0.225 e. The molecule has 0 bridgehead atoms. The van der Waals surface area contributed by atoms with Crippen molar-refractivity contribution in [3.05, 3.63) is 47.3 Å². The minimum atomic E-state index is 0.0328. The molecule has 0 N–H and O–H groups in total. The summed E-state index contributed by atoms with van der Waals surface area (Å²) in [7, 11) is 0. The van der Waals surface area contributed by atoms with E-state index in [0.717, 1.165) is 18.4 Å². The zero-order chi connectivity index (χ0) is 15.9. The van der Waals surface area contributed by atoms with E-state index in [1.165, 1.54) is 0 Å². The van der Waals surface area contributed by atoms with Crippen LogP contribution in [-0.2, 0) is 6.42 Å². The van der Waals surface area contributed by atoms with Gasteiger partial charge in [-0.15, -0.1) is 0 Å². The molecule has 7 nitrogen and oxygen atoms in total. The summed E-state index contributed by atoms with van der Waals surface area (Å²) in [5.41, 5.74) is 1.15. The lowest BCUT2D eigenvalue weighted by atomic mass is 10.0. The van der Waals surface area contributed by atoms with Crippen LogP contribution in [0.3, 0.4) is 0 Å². The highest BCUT2D eigenvalue weighted by Crippen LogP contribution is 2.25. The number of anilines is 1. The number of rotatable bonds is 7. The van der Waals surface area contributed by atoms with E-state index in [1.54, 1.807) is 24.7 Å². The fourth-order valence-corrected chi connectivity index (χ4v) is 2.68. The van der Waals surface area contributed by atoms with Crippen LogP contribution in [0.1, 0.15) is 18.4 Å². The highest BCUT2D eigenvalue weighted by Gasteiger charge is 2.23. The normalized spacial score (nSPS) is 16.3. The fraction of sp³-hybridized carbons (Fsp3) is 0.438. The Morgan fingerprint density at radius 1 is 1.22 bits per heavy atom. The first-order valence-corrected chi connectivity index (χ1v) is 7.78. The number of ether oxygens (including phenoxy) is 1. The van der Waals surface area contributed by atoms with Gasteiger partial charge in [-0.2, -0.15) is 4.91 Å². The molecular weight excluding hydrogens is 294 g/mol. The molecule has 1 aliphatic rings. The molecule has 0 aliphatic carbocycles. The van der Waals surface area contributed by atoms with E-state index < -0.39 is 0 Å². The molecule has 1 unspecified atom stereocenters. The summed E-state index contributed by atoms with van der Waals surface area (Å²) >= 11 is 0. The Labute approximate surface area is 134 Å². The molecular formula is C16H19N5O2. The molecule has 0 spiro atoms. The third kappa shape index (κ3) is 4.00. The molecule has 23 heavy (non-hydrogen) atoms. The fourth-order valence-electron chi connectivity index (χ4n) is 2.68. The Morgan fingerprint density at radius 3 is 2.87 bits per heavy atom. The lowest BCUT2D eigenvalue weighted by molar-refractivity contribution is 0.169. The second-order valence-corrected chi connectivity index (χ2v) is 5.45. The Balaban J connectivity index is 1.67. The monoisotopic (exact) mass is 313 g/mol. The molecule has 3 heterocycles. The van der Waals surface area contributed by atoms with Crippen LogP contribution < -0.4 is 9.64 Å². The minimum Gasteiger partial charge on any atom is -0.472 e. The number of fused-ring (bicyclic) bond motifs is 1. The lowest BCUT2D eigenvalue weighted by Gasteiger charge is -2.30. The average Bonchev–Trinajstić information content (AvgIpc) is 2.62. The molecule has 3 rings (SSSR count). The van der Waals surface area contributed by atoms with Crippen LogP contribution in [0, 0.1) is 4.91 Å². The molecule has 0 saturated carbocycles. The molecule has 2 aromatic rings. The first kappa shape index (κ1) is 15.3. The van der Waals surface area contributed by atoms with Gasteiger partial charge in [-0.1, -0.05) is 11.2 Å². The van der Waals surface area contributed by atoms with Gasteiger partial charge in [0, 0.05) is 30.7 Å². The molecule has 0 fully saturated rings. The number of hydrogen-bond donors (Lipinski definition) is 0. The Hall–Kier alpha value is -2.57. The summed E-state index contributed by atoms with van der Waals surface area (Å²) < 4.78 is 6.00. The maximum Gasteiger partial charge on any atom is 0.225 e. The third-order valence-corrected chi connectivity index (χ3v) is 3.80. The number of aryl methyl sites for hydroxylation is 1. The second kappa shape index (κ2) is 7.62. The quantitative estimate of drug-likeness (QED) is 0.576. The minimum absolute atomic E-state index is 0.0328. The predicted molar refractivity (Wildman–Crippen MR) is 86.5 cm³/mol. The summed E-state index contributed by atoms with van der Waals surface area (Å²) in [6.45, 7) is 1.63. The van der Waals surface area contributed by atoms with Gasteiger partial charge in [0.25, 0.3) is 0 Å². The van der Waals surface area contributed by atoms with Crippen molar-refractivity contribution in [3.8, 4) is 5.88 Å². The molecule has 120 valence electrons. The van der Waals surface area contributed by atoms with E-state index in [9.17, 15) is 4.91 Å². The topological polar surface area (TPSA) is 80.6 Å². The average molecular weight is 313 g/mol. The number of nitroso groups, excluding NO2 is 1. The molecule has 2 aromatic heterocycles. The van der Waals surface area contributed by atoms with Gasteiger partial charge in [0.15, 0.2) is 0 Å². The summed E-state index contributed by atoms with van der Waals surface area (Å²) in [4.78, 5) is 25.3. The van der Waals surface area contributed by atoms with E-state index in [-0.39, 0.29) is 6.10 Å². The first-order chi connectivity index (χ1) is 11.4. The molecule has 7 heteroatoms. The van der Waals surface area contributed by atoms with Crippen molar-refractivity contribution in [2.45, 2.75) is 25.4 Å². The van der Waals surface area contributed by atoms with Crippen molar-refractivity contribution in [2.75, 3.05) is 24.5 Å². The highest BCUT2D eigenvalue weighted by molar-refractivity contribution is 5.31. The summed E-state index contributed by atoms with van der Waals surface area (Å²) in [6, 6.07) is 5.76. The van der Waals surface area contributed by atoms with E-state index >= 15 is 0 Å². The van der Waals surface area contributed by atoms with Gasteiger partial charge in [-0.25, -0.2) is 15.0 Å². The largest absolute Gasteiger partial charge is 0.472 e. The Morgan fingerprint density at radius 2 is 2.04 bits per heavy atom.